The van der Waals surface area contributed by atoms with E-state index in [0.717, 1.165) is 14.2 Å². The fourth-order valence-electron chi connectivity index (χ4n) is 2.26. The topological polar surface area (TPSA) is 132 Å². The molecule has 0 aliphatic rings. The first kappa shape index (κ1) is 18.6. The summed E-state index contributed by atoms with van der Waals surface area (Å²) in [6.07, 6.45) is 0. The number of carbonyl (C=O) groups is 1. The Labute approximate surface area is 152 Å². The van der Waals surface area contributed by atoms with Gasteiger partial charge < -0.3 is 5.84 Å². The molecule has 2 aromatic rings. The van der Waals surface area contributed by atoms with Gasteiger partial charge in [-0.05, 0) is 30.2 Å². The number of aryl methyl sites for hydroxylation is 1. The van der Waals surface area contributed by atoms with Crippen molar-refractivity contribution in [3.63, 3.8) is 0 Å². The number of aromatic nitrogens is 2. The molecule has 2 rings (SSSR count). The van der Waals surface area contributed by atoms with E-state index in [4.69, 9.17) is 11.7 Å². The monoisotopic (exact) mass is 407 g/mol. The van der Waals surface area contributed by atoms with Crippen molar-refractivity contribution >= 4 is 27.8 Å². The number of halogens is 1. The highest BCUT2D eigenvalue weighted by Crippen LogP contribution is 2.23. The standard InChI is InChI=1S/C15H18BrN7O2/c1-8-11(9-4-6-10(16)7-5-9)14(25)23(3)21-12(8)13(24)19-15(20-17)22(2)18/h4-7H,17-18H2,1-3H3,(H,19,20,24). The average molecular weight is 408 g/mol. The molecule has 0 aliphatic carbocycles. The SMILES string of the molecule is Cc1c(C(=O)NC(=NN)N(C)N)nn(C)c(=O)c1-c1ccc(Br)cc1. The van der Waals surface area contributed by atoms with Gasteiger partial charge in [-0.15, -0.1) is 5.10 Å². The molecule has 0 radical (unpaired) electrons. The number of hydrogen-bond acceptors (Lipinski definition) is 6. The van der Waals surface area contributed by atoms with Crippen LogP contribution in [0.3, 0.4) is 0 Å². The summed E-state index contributed by atoms with van der Waals surface area (Å²) >= 11 is 3.35. The third-order valence-corrected chi connectivity index (χ3v) is 4.05. The number of nitrogens with two attached hydrogens (primary N) is 2. The molecule has 1 aromatic heterocycles. The molecule has 5 N–H and O–H groups in total. The van der Waals surface area contributed by atoms with Gasteiger partial charge in [0.1, 0.15) is 0 Å². The van der Waals surface area contributed by atoms with E-state index in [9.17, 15) is 9.59 Å². The van der Waals surface area contributed by atoms with Crippen LogP contribution in [0.25, 0.3) is 11.1 Å². The Balaban J connectivity index is 2.56. The molecule has 0 saturated heterocycles. The van der Waals surface area contributed by atoms with Gasteiger partial charge in [-0.3, -0.25) is 19.9 Å². The number of rotatable bonds is 2. The molecule has 0 spiro atoms. The second kappa shape index (κ2) is 7.45. The van der Waals surface area contributed by atoms with Crippen LogP contribution < -0.4 is 22.6 Å². The highest BCUT2D eigenvalue weighted by Gasteiger charge is 2.21. The highest BCUT2D eigenvalue weighted by molar-refractivity contribution is 9.10. The van der Waals surface area contributed by atoms with Crippen molar-refractivity contribution < 1.29 is 4.79 Å². The number of nitrogens with zero attached hydrogens (tertiary/aromatic N) is 4. The molecule has 10 heteroatoms. The maximum Gasteiger partial charge on any atom is 0.278 e. The molecule has 0 unspecified atom stereocenters. The van der Waals surface area contributed by atoms with Crippen LogP contribution in [0.15, 0.2) is 38.6 Å². The van der Waals surface area contributed by atoms with Gasteiger partial charge in [0.05, 0.1) is 5.56 Å². The van der Waals surface area contributed by atoms with E-state index >= 15 is 0 Å². The number of guanidine groups is 1. The number of amides is 1. The van der Waals surface area contributed by atoms with Crippen LogP contribution in [-0.2, 0) is 7.05 Å². The molecular weight excluding hydrogens is 390 g/mol. The summed E-state index contributed by atoms with van der Waals surface area (Å²) in [6.45, 7) is 1.66. The van der Waals surface area contributed by atoms with Gasteiger partial charge >= 0.3 is 0 Å². The number of carbonyl (C=O) groups excluding carboxylic acids is 1. The zero-order valence-electron chi connectivity index (χ0n) is 13.9. The van der Waals surface area contributed by atoms with Crippen molar-refractivity contribution in [2.45, 2.75) is 6.92 Å². The van der Waals surface area contributed by atoms with Crippen molar-refractivity contribution in [1.82, 2.24) is 20.1 Å². The Morgan fingerprint density at radius 2 is 1.96 bits per heavy atom. The minimum absolute atomic E-state index is 0.0368. The van der Waals surface area contributed by atoms with E-state index in [1.807, 2.05) is 12.1 Å². The van der Waals surface area contributed by atoms with E-state index in [-0.39, 0.29) is 17.2 Å². The Morgan fingerprint density at radius 1 is 1.36 bits per heavy atom. The highest BCUT2D eigenvalue weighted by atomic mass is 79.9. The van der Waals surface area contributed by atoms with Crippen LogP contribution in [0.4, 0.5) is 0 Å². The molecule has 0 atom stereocenters. The number of hydrazone groups is 1. The Morgan fingerprint density at radius 3 is 2.48 bits per heavy atom. The Kier molecular flexibility index (Phi) is 5.55. The molecule has 1 aromatic carbocycles. The Bertz CT molecular complexity index is 888. The van der Waals surface area contributed by atoms with Crippen molar-refractivity contribution in [2.75, 3.05) is 7.05 Å². The second-order valence-electron chi connectivity index (χ2n) is 5.30. The molecule has 0 aliphatic heterocycles. The van der Waals surface area contributed by atoms with Gasteiger partial charge in [0.2, 0.25) is 5.96 Å². The van der Waals surface area contributed by atoms with Crippen LogP contribution in [0.2, 0.25) is 0 Å². The summed E-state index contributed by atoms with van der Waals surface area (Å²) in [4.78, 5) is 25.0. The van der Waals surface area contributed by atoms with Gasteiger partial charge in [-0.2, -0.15) is 5.10 Å². The molecule has 1 heterocycles. The minimum atomic E-state index is -0.576. The summed E-state index contributed by atoms with van der Waals surface area (Å²) in [6, 6.07) is 7.21. The summed E-state index contributed by atoms with van der Waals surface area (Å²) < 4.78 is 2.00. The fourth-order valence-corrected chi connectivity index (χ4v) is 2.52. The van der Waals surface area contributed by atoms with Gasteiger partial charge in [0.25, 0.3) is 11.5 Å². The third kappa shape index (κ3) is 3.86. The summed E-state index contributed by atoms with van der Waals surface area (Å²) in [5.74, 6) is 10.1. The molecule has 132 valence electrons. The summed E-state index contributed by atoms with van der Waals surface area (Å²) in [5.41, 5.74) is 1.28. The molecule has 0 fully saturated rings. The first-order valence-corrected chi connectivity index (χ1v) is 7.97. The maximum atomic E-state index is 12.5. The average Bonchev–Trinajstić information content (AvgIpc) is 2.57. The molecule has 1 amide bonds. The lowest BCUT2D eigenvalue weighted by Gasteiger charge is -2.16. The van der Waals surface area contributed by atoms with Crippen molar-refractivity contribution in [3.05, 3.63) is 50.3 Å². The largest absolute Gasteiger partial charge is 0.320 e. The number of nitrogens with one attached hydrogen (secondary N) is 1. The van der Waals surface area contributed by atoms with Gasteiger partial charge in [-0.25, -0.2) is 10.5 Å². The van der Waals surface area contributed by atoms with E-state index in [1.54, 1.807) is 19.1 Å². The maximum absolute atomic E-state index is 12.5. The molecule has 9 nitrogen and oxygen atoms in total. The quantitative estimate of drug-likeness (QED) is 0.283. The lowest BCUT2D eigenvalue weighted by molar-refractivity contribution is 0.0964. The molecule has 0 saturated carbocycles. The van der Waals surface area contributed by atoms with Crippen molar-refractivity contribution in [3.8, 4) is 11.1 Å². The van der Waals surface area contributed by atoms with E-state index in [2.05, 4.69) is 31.4 Å². The number of benzene rings is 1. The molecule has 0 bridgehead atoms. The van der Waals surface area contributed by atoms with Gasteiger partial charge in [0.15, 0.2) is 5.69 Å². The van der Waals surface area contributed by atoms with Crippen LogP contribution in [0, 0.1) is 6.92 Å². The van der Waals surface area contributed by atoms with Crippen LogP contribution in [0.1, 0.15) is 16.1 Å². The second-order valence-corrected chi connectivity index (χ2v) is 6.22. The third-order valence-electron chi connectivity index (χ3n) is 3.52. The van der Waals surface area contributed by atoms with E-state index in [1.165, 1.54) is 14.1 Å². The van der Waals surface area contributed by atoms with E-state index < -0.39 is 5.91 Å². The van der Waals surface area contributed by atoms with Gasteiger partial charge in [0, 0.05) is 18.6 Å². The first-order valence-electron chi connectivity index (χ1n) is 7.17. The summed E-state index contributed by atoms with van der Waals surface area (Å²) in [7, 11) is 2.95. The summed E-state index contributed by atoms with van der Waals surface area (Å²) in [5, 5.41) is 11.0. The smallest absolute Gasteiger partial charge is 0.278 e. The van der Waals surface area contributed by atoms with Gasteiger partial charge in [-0.1, -0.05) is 28.1 Å². The molecule has 25 heavy (non-hydrogen) atoms. The van der Waals surface area contributed by atoms with Crippen LogP contribution >= 0.6 is 15.9 Å². The Hall–Kier alpha value is -2.72. The van der Waals surface area contributed by atoms with Crippen molar-refractivity contribution in [2.24, 2.45) is 23.8 Å². The lowest BCUT2D eigenvalue weighted by Crippen LogP contribution is -2.47. The zero-order chi connectivity index (χ0) is 18.7. The lowest BCUT2D eigenvalue weighted by atomic mass is 10.0. The van der Waals surface area contributed by atoms with E-state index in [0.29, 0.717) is 16.7 Å². The normalized spacial score (nSPS) is 11.3. The minimum Gasteiger partial charge on any atom is -0.320 e. The fraction of sp³-hybridized carbons (Fsp3) is 0.200. The number of hydrogen-bond donors (Lipinski definition) is 3. The van der Waals surface area contributed by atoms with Crippen LogP contribution in [-0.4, -0.2) is 33.7 Å². The predicted octanol–water partition coefficient (Wildman–Crippen LogP) is 0.283. The number of hydrazine groups is 1. The zero-order valence-corrected chi connectivity index (χ0v) is 15.5. The van der Waals surface area contributed by atoms with Crippen molar-refractivity contribution in [1.29, 1.82) is 0 Å². The first-order chi connectivity index (χ1) is 11.8. The molecular formula is C15H18BrN7O2. The predicted molar refractivity (Wildman–Crippen MR) is 98.4 cm³/mol. The van der Waals surface area contributed by atoms with Crippen LogP contribution in [0.5, 0.6) is 0 Å².